The molecule has 4 nitrogen and oxygen atoms in total. The van der Waals surface area contributed by atoms with Crippen molar-refractivity contribution in [3.63, 3.8) is 0 Å². The summed E-state index contributed by atoms with van der Waals surface area (Å²) in [4.78, 5) is 10.9. The number of piperidine rings is 1. The first-order valence-corrected chi connectivity index (χ1v) is 9.64. The number of unbranched alkanes of at least 4 members (excludes halogenated alkanes) is 2. The predicted octanol–water partition coefficient (Wildman–Crippen LogP) is 5.12. The highest BCUT2D eigenvalue weighted by atomic mass is 35.5. The van der Waals surface area contributed by atoms with E-state index in [2.05, 4.69) is 14.9 Å². The molecule has 148 valence electrons. The number of nitrogens with zero attached hydrogens (tertiary/aromatic N) is 3. The standard InChI is InChI=1S/C21H28FN3O.ClH/c1-17-23-13-12-21(24-17)26-16-6-2-4-14-25-15-5-3-7-20(25)18-8-10-19(22)11-9-18;/h8-13,20H,2-7,14-16H2,1H3;1H. The van der Waals surface area contributed by atoms with Crippen LogP contribution in [0.15, 0.2) is 36.5 Å². The lowest BCUT2D eigenvalue weighted by atomic mass is 9.95. The van der Waals surface area contributed by atoms with Crippen molar-refractivity contribution in [3.8, 4) is 5.88 Å². The maximum atomic E-state index is 13.2. The maximum absolute atomic E-state index is 13.2. The smallest absolute Gasteiger partial charge is 0.216 e. The summed E-state index contributed by atoms with van der Waals surface area (Å²) in [6.07, 6.45) is 8.72. The molecule has 0 bridgehead atoms. The van der Waals surface area contributed by atoms with Crippen molar-refractivity contribution in [1.82, 2.24) is 14.9 Å². The van der Waals surface area contributed by atoms with Gasteiger partial charge < -0.3 is 4.74 Å². The molecule has 3 rings (SSSR count). The lowest BCUT2D eigenvalue weighted by Crippen LogP contribution is -2.34. The van der Waals surface area contributed by atoms with Crippen LogP contribution in [0.3, 0.4) is 0 Å². The Morgan fingerprint density at radius 3 is 2.70 bits per heavy atom. The number of benzene rings is 1. The molecule has 0 radical (unpaired) electrons. The van der Waals surface area contributed by atoms with Crippen LogP contribution in [0.2, 0.25) is 0 Å². The summed E-state index contributed by atoms with van der Waals surface area (Å²) in [5.41, 5.74) is 1.24. The molecule has 2 heterocycles. The van der Waals surface area contributed by atoms with Crippen LogP contribution < -0.4 is 4.74 Å². The van der Waals surface area contributed by atoms with Crippen molar-refractivity contribution in [2.45, 2.75) is 51.5 Å². The molecule has 1 atom stereocenters. The summed E-state index contributed by atoms with van der Waals surface area (Å²) in [5.74, 6) is 1.24. The van der Waals surface area contributed by atoms with E-state index in [0.29, 0.717) is 18.5 Å². The van der Waals surface area contributed by atoms with E-state index in [1.54, 1.807) is 24.4 Å². The van der Waals surface area contributed by atoms with Gasteiger partial charge in [0.05, 0.1) is 6.61 Å². The van der Waals surface area contributed by atoms with Crippen molar-refractivity contribution < 1.29 is 9.13 Å². The number of aromatic nitrogens is 2. The third kappa shape index (κ3) is 6.74. The molecule has 1 aromatic carbocycles. The van der Waals surface area contributed by atoms with Gasteiger partial charge in [-0.05, 0) is 69.8 Å². The van der Waals surface area contributed by atoms with Crippen LogP contribution in [0, 0.1) is 12.7 Å². The minimum atomic E-state index is -0.157. The van der Waals surface area contributed by atoms with Gasteiger partial charge in [0, 0.05) is 18.3 Å². The summed E-state index contributed by atoms with van der Waals surface area (Å²) in [7, 11) is 0. The minimum Gasteiger partial charge on any atom is -0.478 e. The third-order valence-electron chi connectivity index (χ3n) is 4.96. The second-order valence-corrected chi connectivity index (χ2v) is 6.95. The molecule has 1 saturated heterocycles. The molecule has 1 aliphatic rings. The zero-order valence-electron chi connectivity index (χ0n) is 15.9. The van der Waals surface area contributed by atoms with Crippen molar-refractivity contribution >= 4 is 12.4 Å². The molecule has 1 fully saturated rings. The van der Waals surface area contributed by atoms with Gasteiger partial charge in [0.2, 0.25) is 5.88 Å². The molecule has 27 heavy (non-hydrogen) atoms. The van der Waals surface area contributed by atoms with Gasteiger partial charge in [-0.15, -0.1) is 12.4 Å². The van der Waals surface area contributed by atoms with Gasteiger partial charge >= 0.3 is 0 Å². The number of hydrogen-bond acceptors (Lipinski definition) is 4. The molecule has 2 aromatic rings. The van der Waals surface area contributed by atoms with Crippen LogP contribution in [0.5, 0.6) is 5.88 Å². The number of ether oxygens (including phenoxy) is 1. The van der Waals surface area contributed by atoms with E-state index in [0.717, 1.165) is 38.2 Å². The Labute approximate surface area is 167 Å². The Morgan fingerprint density at radius 1 is 1.11 bits per heavy atom. The molecule has 0 N–H and O–H groups in total. The highest BCUT2D eigenvalue weighted by molar-refractivity contribution is 5.85. The first-order chi connectivity index (χ1) is 12.7. The Bertz CT molecular complexity index is 683. The Morgan fingerprint density at radius 2 is 1.93 bits per heavy atom. The van der Waals surface area contributed by atoms with Crippen LogP contribution in [0.4, 0.5) is 4.39 Å². The highest BCUT2D eigenvalue weighted by Gasteiger charge is 2.23. The van der Waals surface area contributed by atoms with Crippen LogP contribution in [0.25, 0.3) is 0 Å². The molecule has 1 aromatic heterocycles. The average Bonchev–Trinajstić information content (AvgIpc) is 2.66. The SMILES string of the molecule is Cc1nccc(OCCCCCN2CCCCC2c2ccc(F)cc2)n1.Cl. The van der Waals surface area contributed by atoms with Gasteiger partial charge in [0.15, 0.2) is 0 Å². The first kappa shape index (κ1) is 21.6. The Balaban J connectivity index is 0.00000261. The molecule has 1 unspecified atom stereocenters. The lowest BCUT2D eigenvalue weighted by Gasteiger charge is -2.36. The van der Waals surface area contributed by atoms with Gasteiger partial charge in [-0.2, -0.15) is 4.98 Å². The summed E-state index contributed by atoms with van der Waals surface area (Å²) in [5, 5.41) is 0. The fourth-order valence-electron chi connectivity index (χ4n) is 3.61. The number of halogens is 2. The monoisotopic (exact) mass is 393 g/mol. The van der Waals surface area contributed by atoms with Crippen molar-refractivity contribution in [2.75, 3.05) is 19.7 Å². The Hall–Kier alpha value is -1.72. The predicted molar refractivity (Wildman–Crippen MR) is 108 cm³/mol. The molecule has 1 aliphatic heterocycles. The van der Waals surface area contributed by atoms with Crippen LogP contribution >= 0.6 is 12.4 Å². The summed E-state index contributed by atoms with van der Waals surface area (Å²) in [6, 6.07) is 9.27. The van der Waals surface area contributed by atoms with E-state index >= 15 is 0 Å². The van der Waals surface area contributed by atoms with E-state index in [4.69, 9.17) is 4.74 Å². The van der Waals surface area contributed by atoms with Gasteiger partial charge in [0.1, 0.15) is 11.6 Å². The van der Waals surface area contributed by atoms with E-state index < -0.39 is 0 Å². The molecular formula is C21H29ClFN3O. The molecule has 0 saturated carbocycles. The van der Waals surface area contributed by atoms with Crippen molar-refractivity contribution in [2.24, 2.45) is 0 Å². The third-order valence-corrected chi connectivity index (χ3v) is 4.96. The number of likely N-dealkylation sites (tertiary alicyclic amines) is 1. The fraction of sp³-hybridized carbons (Fsp3) is 0.524. The second-order valence-electron chi connectivity index (χ2n) is 6.95. The molecule has 6 heteroatoms. The Kier molecular flexibility index (Phi) is 8.95. The number of hydrogen-bond donors (Lipinski definition) is 0. The van der Waals surface area contributed by atoms with Gasteiger partial charge in [-0.3, -0.25) is 4.90 Å². The zero-order chi connectivity index (χ0) is 18.2. The van der Waals surface area contributed by atoms with E-state index in [9.17, 15) is 4.39 Å². The molecule has 0 aliphatic carbocycles. The summed E-state index contributed by atoms with van der Waals surface area (Å²) < 4.78 is 18.9. The van der Waals surface area contributed by atoms with Gasteiger partial charge in [0.25, 0.3) is 0 Å². The first-order valence-electron chi connectivity index (χ1n) is 9.64. The fourth-order valence-corrected chi connectivity index (χ4v) is 3.61. The number of rotatable bonds is 8. The van der Waals surface area contributed by atoms with E-state index in [1.807, 2.05) is 19.1 Å². The molecule has 0 spiro atoms. The summed E-state index contributed by atoms with van der Waals surface area (Å²) in [6.45, 7) is 4.79. The summed E-state index contributed by atoms with van der Waals surface area (Å²) >= 11 is 0. The lowest BCUT2D eigenvalue weighted by molar-refractivity contribution is 0.144. The quantitative estimate of drug-likeness (QED) is 0.583. The zero-order valence-corrected chi connectivity index (χ0v) is 16.8. The molecular weight excluding hydrogens is 365 g/mol. The van der Waals surface area contributed by atoms with Crippen molar-refractivity contribution in [1.29, 1.82) is 0 Å². The molecule has 0 amide bonds. The van der Waals surface area contributed by atoms with Crippen LogP contribution in [-0.2, 0) is 0 Å². The van der Waals surface area contributed by atoms with Crippen molar-refractivity contribution in [3.05, 3.63) is 53.7 Å². The normalized spacial score (nSPS) is 17.3. The average molecular weight is 394 g/mol. The van der Waals surface area contributed by atoms with E-state index in [1.165, 1.54) is 24.8 Å². The van der Waals surface area contributed by atoms with Gasteiger partial charge in [-0.25, -0.2) is 9.37 Å². The number of aryl methyl sites for hydroxylation is 1. The van der Waals surface area contributed by atoms with Gasteiger partial charge in [-0.1, -0.05) is 18.6 Å². The minimum absolute atomic E-state index is 0. The second kappa shape index (κ2) is 11.2. The topological polar surface area (TPSA) is 38.2 Å². The largest absolute Gasteiger partial charge is 0.478 e. The van der Waals surface area contributed by atoms with Crippen LogP contribution in [-0.4, -0.2) is 34.6 Å². The van der Waals surface area contributed by atoms with Crippen LogP contribution in [0.1, 0.15) is 56.0 Å². The highest BCUT2D eigenvalue weighted by Crippen LogP contribution is 2.31. The van der Waals surface area contributed by atoms with E-state index in [-0.39, 0.29) is 18.2 Å². The maximum Gasteiger partial charge on any atom is 0.216 e.